The Labute approximate surface area is 212 Å². The van der Waals surface area contributed by atoms with Gasteiger partial charge in [0.15, 0.2) is 0 Å². The molecule has 4 aromatic rings. The molecule has 0 bridgehead atoms. The smallest absolute Gasteiger partial charge is 0.223 e. The molecule has 0 aliphatic carbocycles. The second kappa shape index (κ2) is 11.1. The van der Waals surface area contributed by atoms with Gasteiger partial charge in [-0.1, -0.05) is 72.3 Å². The fraction of sp³-hybridized carbons (Fsp3) is 0.300. The zero-order valence-electron chi connectivity index (χ0n) is 20.0. The Kier molecular flexibility index (Phi) is 7.51. The van der Waals surface area contributed by atoms with Gasteiger partial charge >= 0.3 is 0 Å². The summed E-state index contributed by atoms with van der Waals surface area (Å²) in [6, 6.07) is 29.4. The van der Waals surface area contributed by atoms with Crippen molar-refractivity contribution >= 4 is 28.4 Å². The topological polar surface area (TPSA) is 37.3 Å². The van der Waals surface area contributed by atoms with Gasteiger partial charge < -0.3 is 9.88 Å². The number of aromatic nitrogens is 1. The minimum absolute atomic E-state index is 0.103. The lowest BCUT2D eigenvalue weighted by atomic mass is 9.95. The monoisotopic (exact) mass is 485 g/mol. The number of benzene rings is 3. The minimum Gasteiger partial charge on any atom is -0.356 e. The number of fused-ring (bicyclic) bond motifs is 1. The van der Waals surface area contributed by atoms with Crippen molar-refractivity contribution in [2.24, 2.45) is 5.92 Å². The number of nitrogens with one attached hydrogen (secondary N) is 1. The zero-order chi connectivity index (χ0) is 24.0. The van der Waals surface area contributed by atoms with Crippen molar-refractivity contribution in [1.29, 1.82) is 0 Å². The first-order valence-electron chi connectivity index (χ1n) is 12.5. The van der Waals surface area contributed by atoms with Crippen LogP contribution in [0, 0.1) is 5.92 Å². The molecule has 1 aromatic heterocycles. The second-order valence-electron chi connectivity index (χ2n) is 9.48. The van der Waals surface area contributed by atoms with Crippen LogP contribution in [0.3, 0.4) is 0 Å². The number of halogens is 1. The summed E-state index contributed by atoms with van der Waals surface area (Å²) < 4.78 is 2.44. The molecule has 0 atom stereocenters. The number of hydrogen-bond donors (Lipinski definition) is 1. The van der Waals surface area contributed by atoms with Crippen molar-refractivity contribution in [2.45, 2.75) is 32.4 Å². The predicted molar refractivity (Wildman–Crippen MR) is 144 cm³/mol. The molecule has 0 spiro atoms. The molecule has 5 rings (SSSR count). The molecule has 1 saturated heterocycles. The third-order valence-electron chi connectivity index (χ3n) is 7.05. The van der Waals surface area contributed by atoms with Gasteiger partial charge in [0.25, 0.3) is 0 Å². The van der Waals surface area contributed by atoms with Crippen LogP contribution < -0.4 is 5.32 Å². The van der Waals surface area contributed by atoms with Crippen LogP contribution in [0.25, 0.3) is 10.9 Å². The van der Waals surface area contributed by atoms with E-state index in [2.05, 4.69) is 75.4 Å². The Balaban J connectivity index is 1.16. The van der Waals surface area contributed by atoms with E-state index in [1.54, 1.807) is 0 Å². The lowest BCUT2D eigenvalue weighted by molar-refractivity contribution is -0.126. The molecule has 2 heterocycles. The number of carbonyl (C=O) groups is 1. The fourth-order valence-corrected chi connectivity index (χ4v) is 5.19. The highest BCUT2D eigenvalue weighted by molar-refractivity contribution is 6.30. The lowest BCUT2D eigenvalue weighted by Crippen LogP contribution is -2.40. The summed E-state index contributed by atoms with van der Waals surface area (Å²) >= 11 is 5.95. The van der Waals surface area contributed by atoms with E-state index in [0.29, 0.717) is 6.54 Å². The highest BCUT2D eigenvalue weighted by Gasteiger charge is 2.25. The van der Waals surface area contributed by atoms with E-state index >= 15 is 0 Å². The van der Waals surface area contributed by atoms with Crippen molar-refractivity contribution in [3.8, 4) is 0 Å². The number of hydrogen-bond acceptors (Lipinski definition) is 2. The van der Waals surface area contributed by atoms with Gasteiger partial charge in [-0.05, 0) is 73.1 Å². The molecule has 1 N–H and O–H groups in total. The fourth-order valence-electron chi connectivity index (χ4n) is 5.06. The zero-order valence-corrected chi connectivity index (χ0v) is 20.8. The maximum atomic E-state index is 12.7. The van der Waals surface area contributed by atoms with E-state index in [9.17, 15) is 4.79 Å². The Morgan fingerprint density at radius 1 is 0.857 bits per heavy atom. The highest BCUT2D eigenvalue weighted by Crippen LogP contribution is 2.25. The average Bonchev–Trinajstić information content (AvgIpc) is 3.23. The van der Waals surface area contributed by atoms with E-state index in [4.69, 9.17) is 11.6 Å². The van der Waals surface area contributed by atoms with Crippen LogP contribution in [-0.4, -0.2) is 35.0 Å². The Morgan fingerprint density at radius 3 is 2.34 bits per heavy atom. The largest absolute Gasteiger partial charge is 0.356 e. The van der Waals surface area contributed by atoms with E-state index < -0.39 is 0 Å². The van der Waals surface area contributed by atoms with E-state index in [-0.39, 0.29) is 11.8 Å². The summed E-state index contributed by atoms with van der Waals surface area (Å²) in [5.74, 6) is 0.295. The second-order valence-corrected chi connectivity index (χ2v) is 9.92. The van der Waals surface area contributed by atoms with Gasteiger partial charge in [0.05, 0.1) is 0 Å². The summed E-state index contributed by atoms with van der Waals surface area (Å²) in [5, 5.41) is 5.17. The number of carbonyl (C=O) groups excluding carboxylic acids is 1. The first-order valence-corrected chi connectivity index (χ1v) is 12.9. The van der Waals surface area contributed by atoms with Crippen LogP contribution in [0.2, 0.25) is 5.02 Å². The van der Waals surface area contributed by atoms with Gasteiger partial charge in [-0.3, -0.25) is 9.69 Å². The molecular weight excluding hydrogens is 454 g/mol. The molecule has 1 fully saturated rings. The minimum atomic E-state index is 0.103. The number of rotatable bonds is 8. The first kappa shape index (κ1) is 23.7. The van der Waals surface area contributed by atoms with Crippen molar-refractivity contribution in [1.82, 2.24) is 14.8 Å². The summed E-state index contributed by atoms with van der Waals surface area (Å²) in [6.07, 6.45) is 2.64. The van der Waals surface area contributed by atoms with E-state index in [0.717, 1.165) is 50.5 Å². The Morgan fingerprint density at radius 2 is 1.57 bits per heavy atom. The van der Waals surface area contributed by atoms with Gasteiger partial charge in [-0.15, -0.1) is 0 Å². The third kappa shape index (κ3) is 5.95. The maximum Gasteiger partial charge on any atom is 0.223 e. The SMILES string of the molecule is O=C(NCCc1ccc(Cl)cc1)C1CCN(Cc2cc3ccccc3n2Cc2ccccc2)CC1. The molecule has 1 amide bonds. The Bertz CT molecular complexity index is 1260. The average molecular weight is 486 g/mol. The van der Waals surface area contributed by atoms with Crippen LogP contribution in [0.15, 0.2) is 84.9 Å². The van der Waals surface area contributed by atoms with Crippen molar-refractivity contribution in [2.75, 3.05) is 19.6 Å². The van der Waals surface area contributed by atoms with Gasteiger partial charge in [0.1, 0.15) is 0 Å². The number of likely N-dealkylation sites (tertiary alicyclic amines) is 1. The molecule has 1 aliphatic heterocycles. The van der Waals surface area contributed by atoms with Crippen LogP contribution in [0.1, 0.15) is 29.7 Å². The van der Waals surface area contributed by atoms with Crippen LogP contribution in [0.4, 0.5) is 0 Å². The third-order valence-corrected chi connectivity index (χ3v) is 7.30. The summed E-state index contributed by atoms with van der Waals surface area (Å²) in [7, 11) is 0. The molecule has 35 heavy (non-hydrogen) atoms. The first-order chi connectivity index (χ1) is 17.2. The molecule has 0 saturated carbocycles. The van der Waals surface area contributed by atoms with Crippen LogP contribution >= 0.6 is 11.6 Å². The van der Waals surface area contributed by atoms with Crippen LogP contribution in [0.5, 0.6) is 0 Å². The predicted octanol–water partition coefficient (Wildman–Crippen LogP) is 5.91. The quantitative estimate of drug-likeness (QED) is 0.336. The highest BCUT2D eigenvalue weighted by atomic mass is 35.5. The number of piperidine rings is 1. The molecule has 4 nitrogen and oxygen atoms in total. The molecule has 1 aliphatic rings. The van der Waals surface area contributed by atoms with Crippen molar-refractivity contribution in [3.63, 3.8) is 0 Å². The summed E-state index contributed by atoms with van der Waals surface area (Å²) in [6.45, 7) is 4.34. The molecule has 3 aromatic carbocycles. The normalized spacial score (nSPS) is 14.9. The molecule has 0 unspecified atom stereocenters. The molecule has 0 radical (unpaired) electrons. The standard InChI is InChI=1S/C30H32ClN3O/c31-27-12-10-23(11-13-27)14-17-32-30(35)25-15-18-33(19-16-25)22-28-20-26-8-4-5-9-29(26)34(28)21-24-6-2-1-3-7-24/h1-13,20,25H,14-19,21-22H2,(H,32,35). The Hall–Kier alpha value is -3.08. The number of amides is 1. The summed E-state index contributed by atoms with van der Waals surface area (Å²) in [4.78, 5) is 15.2. The van der Waals surface area contributed by atoms with Gasteiger partial charge in [-0.25, -0.2) is 0 Å². The molecule has 5 heteroatoms. The van der Waals surface area contributed by atoms with Crippen LogP contribution in [-0.2, 0) is 24.3 Å². The number of nitrogens with zero attached hydrogens (tertiary/aromatic N) is 2. The molecule has 180 valence electrons. The van der Waals surface area contributed by atoms with E-state index in [1.165, 1.54) is 27.7 Å². The van der Waals surface area contributed by atoms with Crippen molar-refractivity contribution < 1.29 is 4.79 Å². The molecular formula is C30H32ClN3O. The maximum absolute atomic E-state index is 12.7. The van der Waals surface area contributed by atoms with Crippen molar-refractivity contribution in [3.05, 3.63) is 107 Å². The van der Waals surface area contributed by atoms with Gasteiger partial charge in [-0.2, -0.15) is 0 Å². The van der Waals surface area contributed by atoms with E-state index in [1.807, 2.05) is 24.3 Å². The number of para-hydroxylation sites is 1. The van der Waals surface area contributed by atoms with Gasteiger partial charge in [0.2, 0.25) is 5.91 Å². The summed E-state index contributed by atoms with van der Waals surface area (Å²) in [5.41, 5.74) is 5.11. The van der Waals surface area contributed by atoms with Gasteiger partial charge in [0, 0.05) is 41.8 Å². The lowest BCUT2D eigenvalue weighted by Gasteiger charge is -2.31.